The zero-order valence-corrected chi connectivity index (χ0v) is 13.2. The predicted octanol–water partition coefficient (Wildman–Crippen LogP) is 3.44. The fourth-order valence-corrected chi connectivity index (χ4v) is 2.18. The van der Waals surface area contributed by atoms with E-state index >= 15 is 0 Å². The molecule has 7 heteroatoms. The molecule has 2 amide bonds. The number of hydrogen-bond acceptors (Lipinski definition) is 2. The number of nitrogens with one attached hydrogen (secondary N) is 2. The maximum atomic E-state index is 13.7. The van der Waals surface area contributed by atoms with Crippen molar-refractivity contribution in [2.75, 3.05) is 11.9 Å². The molecule has 0 aliphatic heterocycles. The predicted molar refractivity (Wildman–Crippen MR) is 84.1 cm³/mol. The molecule has 1 unspecified atom stereocenters. The lowest BCUT2D eigenvalue weighted by molar-refractivity contribution is 0.0561. The number of hydrogen-bond donors (Lipinski definition) is 3. The maximum Gasteiger partial charge on any atom is 0.319 e. The first-order valence-electron chi connectivity index (χ1n) is 7.18. The van der Waals surface area contributed by atoms with E-state index in [-0.39, 0.29) is 23.4 Å². The summed E-state index contributed by atoms with van der Waals surface area (Å²) in [7, 11) is 0. The Morgan fingerprint density at radius 1 is 1.17 bits per heavy atom. The molecule has 2 aromatic carbocycles. The molecule has 0 bridgehead atoms. The standard InChI is InChI=1S/C17H17F3N2O2/c1-10-13(19)4-3-5-15(10)22-16(23)21-9-17(2,24)12-7-6-11(18)8-14(12)20/h3-8,24H,9H2,1-2H3,(H2,21,22,23). The van der Waals surface area contributed by atoms with Gasteiger partial charge in [0.05, 0.1) is 6.54 Å². The van der Waals surface area contributed by atoms with Gasteiger partial charge in [-0.05, 0) is 32.0 Å². The Kier molecular flexibility index (Phi) is 5.14. The summed E-state index contributed by atoms with van der Waals surface area (Å²) in [5.74, 6) is -2.14. The van der Waals surface area contributed by atoms with Crippen molar-refractivity contribution in [2.45, 2.75) is 19.4 Å². The van der Waals surface area contributed by atoms with Crippen LogP contribution in [0.4, 0.5) is 23.7 Å². The van der Waals surface area contributed by atoms with E-state index < -0.39 is 29.1 Å². The SMILES string of the molecule is Cc1c(F)cccc1NC(=O)NCC(C)(O)c1ccc(F)cc1F. The number of anilines is 1. The van der Waals surface area contributed by atoms with E-state index in [2.05, 4.69) is 10.6 Å². The number of halogens is 3. The van der Waals surface area contributed by atoms with Crippen LogP contribution < -0.4 is 10.6 Å². The first-order valence-corrected chi connectivity index (χ1v) is 7.18. The molecule has 0 aromatic heterocycles. The first kappa shape index (κ1) is 17.8. The van der Waals surface area contributed by atoms with Gasteiger partial charge in [0.1, 0.15) is 23.1 Å². The minimum absolute atomic E-state index is 0.147. The minimum Gasteiger partial charge on any atom is -0.383 e. The molecule has 0 radical (unpaired) electrons. The van der Waals surface area contributed by atoms with Gasteiger partial charge in [0.15, 0.2) is 0 Å². The van der Waals surface area contributed by atoms with Crippen molar-refractivity contribution in [3.05, 3.63) is 65.0 Å². The van der Waals surface area contributed by atoms with E-state index in [1.807, 2.05) is 0 Å². The molecule has 2 aromatic rings. The van der Waals surface area contributed by atoms with Gasteiger partial charge in [0.25, 0.3) is 0 Å². The smallest absolute Gasteiger partial charge is 0.319 e. The molecule has 4 nitrogen and oxygen atoms in total. The van der Waals surface area contributed by atoms with E-state index in [1.165, 1.54) is 32.0 Å². The van der Waals surface area contributed by atoms with Crippen LogP contribution in [0.2, 0.25) is 0 Å². The Hall–Kier alpha value is -2.54. The molecule has 0 aliphatic rings. The van der Waals surface area contributed by atoms with Crippen molar-refractivity contribution >= 4 is 11.7 Å². The highest BCUT2D eigenvalue weighted by Crippen LogP contribution is 2.23. The van der Waals surface area contributed by atoms with Crippen molar-refractivity contribution < 1.29 is 23.1 Å². The molecule has 0 saturated carbocycles. The molecule has 0 heterocycles. The van der Waals surface area contributed by atoms with Crippen LogP contribution in [0.25, 0.3) is 0 Å². The number of rotatable bonds is 4. The van der Waals surface area contributed by atoms with Gasteiger partial charge in [-0.2, -0.15) is 0 Å². The molecule has 0 fully saturated rings. The lowest BCUT2D eigenvalue weighted by atomic mass is 9.95. The van der Waals surface area contributed by atoms with Crippen LogP contribution in [0, 0.1) is 24.4 Å². The van der Waals surface area contributed by atoms with E-state index in [0.29, 0.717) is 6.07 Å². The molecule has 0 aliphatic carbocycles. The topological polar surface area (TPSA) is 61.4 Å². The molecule has 1 atom stereocenters. The number of benzene rings is 2. The Morgan fingerprint density at radius 2 is 1.88 bits per heavy atom. The quantitative estimate of drug-likeness (QED) is 0.800. The van der Waals surface area contributed by atoms with Gasteiger partial charge < -0.3 is 15.7 Å². The molecule has 24 heavy (non-hydrogen) atoms. The second-order valence-electron chi connectivity index (χ2n) is 5.62. The summed E-state index contributed by atoms with van der Waals surface area (Å²) in [5, 5.41) is 15.1. The van der Waals surface area contributed by atoms with Gasteiger partial charge in [-0.1, -0.05) is 12.1 Å². The van der Waals surface area contributed by atoms with Gasteiger partial charge in [-0.25, -0.2) is 18.0 Å². The lowest BCUT2D eigenvalue weighted by Gasteiger charge is -2.25. The number of aliphatic hydroxyl groups is 1. The second-order valence-corrected chi connectivity index (χ2v) is 5.62. The molecule has 2 rings (SSSR count). The van der Waals surface area contributed by atoms with Crippen molar-refractivity contribution in [3.8, 4) is 0 Å². The zero-order chi connectivity index (χ0) is 17.9. The van der Waals surface area contributed by atoms with Crippen LogP contribution in [-0.4, -0.2) is 17.7 Å². The molecule has 0 saturated heterocycles. The fraction of sp³-hybridized carbons (Fsp3) is 0.235. The summed E-state index contributed by atoms with van der Waals surface area (Å²) in [6, 6.07) is 6.33. The van der Waals surface area contributed by atoms with E-state index in [1.54, 1.807) is 0 Å². The number of carbonyl (C=O) groups is 1. The van der Waals surface area contributed by atoms with Crippen molar-refractivity contribution in [2.24, 2.45) is 0 Å². The third kappa shape index (κ3) is 4.05. The van der Waals surface area contributed by atoms with Crippen molar-refractivity contribution in [3.63, 3.8) is 0 Å². The van der Waals surface area contributed by atoms with E-state index in [0.717, 1.165) is 12.1 Å². The normalized spacial score (nSPS) is 13.2. The second kappa shape index (κ2) is 6.92. The van der Waals surface area contributed by atoms with Gasteiger partial charge in [0.2, 0.25) is 0 Å². The van der Waals surface area contributed by atoms with E-state index in [9.17, 15) is 23.1 Å². The molecule has 128 valence electrons. The van der Waals surface area contributed by atoms with Gasteiger partial charge >= 0.3 is 6.03 Å². The Balaban J connectivity index is 2.03. The highest BCUT2D eigenvalue weighted by Gasteiger charge is 2.27. The lowest BCUT2D eigenvalue weighted by Crippen LogP contribution is -2.41. The molecule has 3 N–H and O–H groups in total. The Labute approximate surface area is 137 Å². The van der Waals surface area contributed by atoms with Crippen LogP contribution in [0.15, 0.2) is 36.4 Å². The maximum absolute atomic E-state index is 13.7. The largest absolute Gasteiger partial charge is 0.383 e. The number of amides is 2. The van der Waals surface area contributed by atoms with Crippen LogP contribution >= 0.6 is 0 Å². The summed E-state index contributed by atoms with van der Waals surface area (Å²) in [6.45, 7) is 2.47. The third-order valence-electron chi connectivity index (χ3n) is 3.62. The summed E-state index contributed by atoms with van der Waals surface area (Å²) in [5.41, 5.74) is -1.35. The zero-order valence-electron chi connectivity index (χ0n) is 13.2. The monoisotopic (exact) mass is 338 g/mol. The summed E-state index contributed by atoms with van der Waals surface area (Å²) in [6.07, 6.45) is 0. The fourth-order valence-electron chi connectivity index (χ4n) is 2.18. The van der Waals surface area contributed by atoms with Crippen molar-refractivity contribution in [1.82, 2.24) is 5.32 Å². The van der Waals surface area contributed by atoms with Gasteiger partial charge in [0, 0.05) is 22.9 Å². The Bertz CT molecular complexity index is 763. The average Bonchev–Trinajstić information content (AvgIpc) is 2.49. The molecule has 0 spiro atoms. The van der Waals surface area contributed by atoms with Crippen LogP contribution in [0.1, 0.15) is 18.1 Å². The molecular formula is C17H17F3N2O2. The first-order chi connectivity index (χ1) is 11.2. The summed E-state index contributed by atoms with van der Waals surface area (Å²) >= 11 is 0. The van der Waals surface area contributed by atoms with Crippen molar-refractivity contribution in [1.29, 1.82) is 0 Å². The Morgan fingerprint density at radius 3 is 2.54 bits per heavy atom. The van der Waals surface area contributed by atoms with Crippen LogP contribution in [0.3, 0.4) is 0 Å². The highest BCUT2D eigenvalue weighted by molar-refractivity contribution is 5.90. The minimum atomic E-state index is -1.74. The highest BCUT2D eigenvalue weighted by atomic mass is 19.1. The van der Waals surface area contributed by atoms with E-state index in [4.69, 9.17) is 0 Å². The van der Waals surface area contributed by atoms with Gasteiger partial charge in [-0.3, -0.25) is 0 Å². The van der Waals surface area contributed by atoms with Crippen LogP contribution in [-0.2, 0) is 5.60 Å². The third-order valence-corrected chi connectivity index (χ3v) is 3.62. The summed E-state index contributed by atoms with van der Waals surface area (Å²) in [4.78, 5) is 11.9. The number of urea groups is 1. The average molecular weight is 338 g/mol. The summed E-state index contributed by atoms with van der Waals surface area (Å²) < 4.78 is 40.1. The molecular weight excluding hydrogens is 321 g/mol. The van der Waals surface area contributed by atoms with Gasteiger partial charge in [-0.15, -0.1) is 0 Å². The van der Waals surface area contributed by atoms with Crippen LogP contribution in [0.5, 0.6) is 0 Å². The number of carbonyl (C=O) groups excluding carboxylic acids is 1.